The summed E-state index contributed by atoms with van der Waals surface area (Å²) >= 11 is 0. The van der Waals surface area contributed by atoms with Gasteiger partial charge in [-0.15, -0.1) is 0 Å². The van der Waals surface area contributed by atoms with E-state index in [1.54, 1.807) is 0 Å². The number of nitrogens with zero attached hydrogens (tertiary/aromatic N) is 2. The summed E-state index contributed by atoms with van der Waals surface area (Å²) < 4.78 is 0. The Labute approximate surface area is 88.0 Å². The van der Waals surface area contributed by atoms with Crippen molar-refractivity contribution >= 4 is 0 Å². The average molecular weight is 203 g/mol. The molecule has 0 saturated carbocycles. The SMILES string of the molecule is CCc1ccc(C(O)c2ncn[nH]2)cc1. The maximum absolute atomic E-state index is 9.91. The number of hydrogen-bond acceptors (Lipinski definition) is 3. The number of aromatic nitrogens is 3. The molecule has 0 bridgehead atoms. The van der Waals surface area contributed by atoms with Gasteiger partial charge in [-0.25, -0.2) is 4.98 Å². The van der Waals surface area contributed by atoms with Crippen LogP contribution in [0.15, 0.2) is 30.6 Å². The van der Waals surface area contributed by atoms with E-state index in [1.165, 1.54) is 11.9 Å². The number of benzene rings is 1. The van der Waals surface area contributed by atoms with Gasteiger partial charge < -0.3 is 5.11 Å². The van der Waals surface area contributed by atoms with Crippen LogP contribution in [0.25, 0.3) is 0 Å². The number of aliphatic hydroxyl groups excluding tert-OH is 1. The Balaban J connectivity index is 2.22. The highest BCUT2D eigenvalue weighted by Gasteiger charge is 2.12. The van der Waals surface area contributed by atoms with Crippen LogP contribution < -0.4 is 0 Å². The van der Waals surface area contributed by atoms with E-state index in [1.807, 2.05) is 24.3 Å². The zero-order valence-electron chi connectivity index (χ0n) is 8.51. The molecule has 0 fully saturated rings. The van der Waals surface area contributed by atoms with Crippen LogP contribution in [0.3, 0.4) is 0 Å². The van der Waals surface area contributed by atoms with Crippen molar-refractivity contribution in [1.29, 1.82) is 0 Å². The van der Waals surface area contributed by atoms with Crippen molar-refractivity contribution in [2.45, 2.75) is 19.4 Å². The Morgan fingerprint density at radius 1 is 1.33 bits per heavy atom. The second kappa shape index (κ2) is 4.23. The monoisotopic (exact) mass is 203 g/mol. The largest absolute Gasteiger partial charge is 0.380 e. The van der Waals surface area contributed by atoms with Crippen LogP contribution in [0.5, 0.6) is 0 Å². The minimum absolute atomic E-state index is 0.472. The fourth-order valence-corrected chi connectivity index (χ4v) is 1.44. The van der Waals surface area contributed by atoms with Crippen molar-refractivity contribution in [3.05, 3.63) is 47.5 Å². The van der Waals surface area contributed by atoms with E-state index in [4.69, 9.17) is 0 Å². The standard InChI is InChI=1S/C11H13N3O/c1-2-8-3-5-9(6-4-8)10(15)11-12-7-13-14-11/h3-7,10,15H,2H2,1H3,(H,12,13,14). The summed E-state index contributed by atoms with van der Waals surface area (Å²) in [5, 5.41) is 16.3. The molecule has 0 saturated heterocycles. The Bertz CT molecular complexity index is 408. The molecule has 1 aromatic heterocycles. The maximum atomic E-state index is 9.91. The molecule has 78 valence electrons. The van der Waals surface area contributed by atoms with Gasteiger partial charge in [0.25, 0.3) is 0 Å². The quantitative estimate of drug-likeness (QED) is 0.793. The number of rotatable bonds is 3. The molecule has 0 amide bonds. The molecule has 2 aromatic rings. The first-order valence-electron chi connectivity index (χ1n) is 4.93. The molecule has 0 aliphatic rings. The topological polar surface area (TPSA) is 61.8 Å². The van der Waals surface area contributed by atoms with Gasteiger partial charge in [0.15, 0.2) is 5.82 Å². The summed E-state index contributed by atoms with van der Waals surface area (Å²) in [6, 6.07) is 7.84. The first kappa shape index (κ1) is 9.86. The smallest absolute Gasteiger partial charge is 0.157 e. The molecule has 0 aliphatic heterocycles. The van der Waals surface area contributed by atoms with Crippen molar-refractivity contribution in [3.63, 3.8) is 0 Å². The number of hydrogen-bond donors (Lipinski definition) is 2. The van der Waals surface area contributed by atoms with Gasteiger partial charge in [0, 0.05) is 0 Å². The summed E-state index contributed by atoms with van der Waals surface area (Å²) in [5.41, 5.74) is 2.08. The third kappa shape index (κ3) is 2.05. The van der Waals surface area contributed by atoms with Gasteiger partial charge in [0.2, 0.25) is 0 Å². The Morgan fingerprint density at radius 2 is 2.07 bits per heavy atom. The first-order chi connectivity index (χ1) is 7.31. The maximum Gasteiger partial charge on any atom is 0.157 e. The molecule has 15 heavy (non-hydrogen) atoms. The first-order valence-corrected chi connectivity index (χ1v) is 4.93. The molecule has 1 atom stereocenters. The minimum Gasteiger partial charge on any atom is -0.380 e. The summed E-state index contributed by atoms with van der Waals surface area (Å²) in [5.74, 6) is 0.472. The van der Waals surface area contributed by atoms with Gasteiger partial charge in [-0.05, 0) is 17.5 Å². The van der Waals surface area contributed by atoms with E-state index in [0.717, 1.165) is 12.0 Å². The fraction of sp³-hybridized carbons (Fsp3) is 0.273. The van der Waals surface area contributed by atoms with Crippen LogP contribution in [0.4, 0.5) is 0 Å². The fourth-order valence-electron chi connectivity index (χ4n) is 1.44. The second-order valence-corrected chi connectivity index (χ2v) is 3.37. The van der Waals surface area contributed by atoms with Crippen LogP contribution in [-0.4, -0.2) is 20.3 Å². The number of nitrogens with one attached hydrogen (secondary N) is 1. The summed E-state index contributed by atoms with van der Waals surface area (Å²) in [6.45, 7) is 2.10. The lowest BCUT2D eigenvalue weighted by molar-refractivity contribution is 0.210. The molecule has 1 aromatic carbocycles. The van der Waals surface area contributed by atoms with Crippen LogP contribution in [0, 0.1) is 0 Å². The predicted molar refractivity (Wildman–Crippen MR) is 56.3 cm³/mol. The molecule has 4 nitrogen and oxygen atoms in total. The zero-order chi connectivity index (χ0) is 10.7. The van der Waals surface area contributed by atoms with E-state index in [-0.39, 0.29) is 0 Å². The van der Waals surface area contributed by atoms with E-state index in [9.17, 15) is 5.11 Å². The number of aromatic amines is 1. The Morgan fingerprint density at radius 3 is 2.60 bits per heavy atom. The molecular formula is C11H13N3O. The van der Waals surface area contributed by atoms with E-state index < -0.39 is 6.10 Å². The second-order valence-electron chi connectivity index (χ2n) is 3.37. The van der Waals surface area contributed by atoms with Crippen molar-refractivity contribution in [1.82, 2.24) is 15.2 Å². The Hall–Kier alpha value is -1.68. The minimum atomic E-state index is -0.724. The van der Waals surface area contributed by atoms with E-state index in [0.29, 0.717) is 5.82 Å². The molecule has 2 rings (SSSR count). The van der Waals surface area contributed by atoms with Crippen LogP contribution >= 0.6 is 0 Å². The van der Waals surface area contributed by atoms with E-state index in [2.05, 4.69) is 22.1 Å². The van der Waals surface area contributed by atoms with Crippen molar-refractivity contribution in [3.8, 4) is 0 Å². The van der Waals surface area contributed by atoms with Gasteiger partial charge in [0.05, 0.1) is 0 Å². The molecule has 0 spiro atoms. The van der Waals surface area contributed by atoms with Gasteiger partial charge >= 0.3 is 0 Å². The molecule has 1 unspecified atom stereocenters. The molecular weight excluding hydrogens is 190 g/mol. The van der Waals surface area contributed by atoms with Gasteiger partial charge in [0.1, 0.15) is 12.4 Å². The highest BCUT2D eigenvalue weighted by molar-refractivity contribution is 5.26. The van der Waals surface area contributed by atoms with Gasteiger partial charge in [-0.3, -0.25) is 5.10 Å². The number of aliphatic hydroxyl groups is 1. The average Bonchev–Trinajstić information content (AvgIpc) is 2.82. The lowest BCUT2D eigenvalue weighted by Crippen LogP contribution is -2.02. The molecule has 1 heterocycles. The Kier molecular flexibility index (Phi) is 2.78. The van der Waals surface area contributed by atoms with Crippen molar-refractivity contribution < 1.29 is 5.11 Å². The highest BCUT2D eigenvalue weighted by Crippen LogP contribution is 2.18. The zero-order valence-corrected chi connectivity index (χ0v) is 8.51. The summed E-state index contributed by atoms with van der Waals surface area (Å²) in [7, 11) is 0. The summed E-state index contributed by atoms with van der Waals surface area (Å²) in [4.78, 5) is 3.92. The predicted octanol–water partition coefficient (Wildman–Crippen LogP) is 1.45. The van der Waals surface area contributed by atoms with Crippen molar-refractivity contribution in [2.24, 2.45) is 0 Å². The van der Waals surface area contributed by atoms with Gasteiger partial charge in [-0.2, -0.15) is 5.10 Å². The molecule has 2 N–H and O–H groups in total. The lowest BCUT2D eigenvalue weighted by atomic mass is 10.1. The molecule has 0 aliphatic carbocycles. The van der Waals surface area contributed by atoms with Crippen LogP contribution in [-0.2, 0) is 6.42 Å². The number of H-pyrrole nitrogens is 1. The van der Waals surface area contributed by atoms with Crippen LogP contribution in [0.1, 0.15) is 30.0 Å². The normalized spacial score (nSPS) is 12.7. The number of aryl methyl sites for hydroxylation is 1. The highest BCUT2D eigenvalue weighted by atomic mass is 16.3. The third-order valence-corrected chi connectivity index (χ3v) is 2.40. The van der Waals surface area contributed by atoms with Crippen molar-refractivity contribution in [2.75, 3.05) is 0 Å². The van der Waals surface area contributed by atoms with E-state index >= 15 is 0 Å². The third-order valence-electron chi connectivity index (χ3n) is 2.40. The molecule has 4 heteroatoms. The van der Waals surface area contributed by atoms with Gasteiger partial charge in [-0.1, -0.05) is 31.2 Å². The lowest BCUT2D eigenvalue weighted by Gasteiger charge is -2.07. The van der Waals surface area contributed by atoms with Crippen LogP contribution in [0.2, 0.25) is 0 Å². The molecule has 0 radical (unpaired) electrons. The summed E-state index contributed by atoms with van der Waals surface area (Å²) in [6.07, 6.45) is 1.66.